The molecule has 0 spiro atoms. The van der Waals surface area contributed by atoms with Crippen LogP contribution >= 0.6 is 0 Å². The van der Waals surface area contributed by atoms with Gasteiger partial charge in [-0.05, 0) is 37.0 Å². The Labute approximate surface area is 148 Å². The first-order chi connectivity index (χ1) is 12.1. The predicted octanol–water partition coefficient (Wildman–Crippen LogP) is 3.40. The molecule has 2 aliphatic rings. The zero-order valence-corrected chi connectivity index (χ0v) is 14.7. The van der Waals surface area contributed by atoms with Crippen LogP contribution in [0.5, 0.6) is 0 Å². The molecule has 2 fully saturated rings. The molecule has 1 heterocycles. The topological polar surface area (TPSA) is 49.4 Å². The van der Waals surface area contributed by atoms with Gasteiger partial charge in [-0.25, -0.2) is 4.39 Å². The number of likely N-dealkylation sites (tertiary alicyclic amines) is 1. The number of rotatable bonds is 4. The summed E-state index contributed by atoms with van der Waals surface area (Å²) in [6, 6.07) is 6.46. The lowest BCUT2D eigenvalue weighted by Gasteiger charge is -2.37. The van der Waals surface area contributed by atoms with Gasteiger partial charge in [-0.15, -0.1) is 0 Å². The van der Waals surface area contributed by atoms with Crippen molar-refractivity contribution in [3.8, 4) is 0 Å². The van der Waals surface area contributed by atoms with Crippen molar-refractivity contribution in [2.75, 3.05) is 6.54 Å². The van der Waals surface area contributed by atoms with Gasteiger partial charge in [0.05, 0.1) is 5.92 Å². The molecular formula is C20H27FN2O2. The van der Waals surface area contributed by atoms with E-state index in [1.165, 1.54) is 37.8 Å². The van der Waals surface area contributed by atoms with Crippen LogP contribution in [0.3, 0.4) is 0 Å². The summed E-state index contributed by atoms with van der Waals surface area (Å²) < 4.78 is 12.9. The van der Waals surface area contributed by atoms with E-state index in [0.717, 1.165) is 18.4 Å². The molecule has 136 valence electrons. The molecule has 1 saturated heterocycles. The highest BCUT2D eigenvalue weighted by Crippen LogP contribution is 2.27. The Kier molecular flexibility index (Phi) is 6.05. The number of piperidine rings is 1. The number of nitrogens with one attached hydrogen (secondary N) is 1. The summed E-state index contributed by atoms with van der Waals surface area (Å²) in [5.41, 5.74) is 0.877. The van der Waals surface area contributed by atoms with Crippen molar-refractivity contribution in [3.63, 3.8) is 0 Å². The van der Waals surface area contributed by atoms with Gasteiger partial charge in [-0.2, -0.15) is 0 Å². The summed E-state index contributed by atoms with van der Waals surface area (Å²) in [5.74, 6) is -0.216. The predicted molar refractivity (Wildman–Crippen MR) is 94.2 cm³/mol. The van der Waals surface area contributed by atoms with Crippen molar-refractivity contribution in [1.82, 2.24) is 10.2 Å². The zero-order valence-electron chi connectivity index (χ0n) is 14.7. The van der Waals surface area contributed by atoms with Crippen LogP contribution in [0.2, 0.25) is 0 Å². The van der Waals surface area contributed by atoms with E-state index in [0.29, 0.717) is 32.0 Å². The monoisotopic (exact) mass is 346 g/mol. The number of amides is 2. The Hall–Kier alpha value is -1.91. The van der Waals surface area contributed by atoms with E-state index in [1.807, 2.05) is 4.90 Å². The SMILES string of the molecule is O=C(NCc1ccc(F)cc1)[C@@H]1CCC(=O)N(C2CCCCCC2)C1. The molecule has 25 heavy (non-hydrogen) atoms. The Morgan fingerprint density at radius 2 is 1.76 bits per heavy atom. The lowest BCUT2D eigenvalue weighted by Crippen LogP contribution is -2.49. The summed E-state index contributed by atoms with van der Waals surface area (Å²) in [4.78, 5) is 26.8. The van der Waals surface area contributed by atoms with Gasteiger partial charge in [-0.1, -0.05) is 37.8 Å². The molecule has 0 unspecified atom stereocenters. The first-order valence-corrected chi connectivity index (χ1v) is 9.45. The zero-order chi connectivity index (χ0) is 17.6. The second kappa shape index (κ2) is 8.45. The van der Waals surface area contributed by atoms with Gasteiger partial charge in [-0.3, -0.25) is 9.59 Å². The van der Waals surface area contributed by atoms with Crippen molar-refractivity contribution >= 4 is 11.8 Å². The molecular weight excluding hydrogens is 319 g/mol. The highest BCUT2D eigenvalue weighted by molar-refractivity contribution is 5.84. The first kappa shape index (κ1) is 17.9. The molecule has 3 rings (SSSR count). The van der Waals surface area contributed by atoms with E-state index in [1.54, 1.807) is 12.1 Å². The minimum absolute atomic E-state index is 0.00422. The Bertz CT molecular complexity index is 594. The normalized spacial score (nSPS) is 22.5. The number of benzene rings is 1. The number of hydrogen-bond acceptors (Lipinski definition) is 2. The molecule has 0 bridgehead atoms. The van der Waals surface area contributed by atoms with Crippen LogP contribution in [0.15, 0.2) is 24.3 Å². The quantitative estimate of drug-likeness (QED) is 0.850. The molecule has 0 aromatic heterocycles. The van der Waals surface area contributed by atoms with Crippen molar-refractivity contribution < 1.29 is 14.0 Å². The second-order valence-corrected chi connectivity index (χ2v) is 7.27. The molecule has 1 atom stereocenters. The fraction of sp³-hybridized carbons (Fsp3) is 0.600. The van der Waals surface area contributed by atoms with Crippen LogP contribution in [0.25, 0.3) is 0 Å². The van der Waals surface area contributed by atoms with Crippen LogP contribution in [0.1, 0.15) is 56.9 Å². The highest BCUT2D eigenvalue weighted by Gasteiger charge is 2.34. The van der Waals surface area contributed by atoms with E-state index in [-0.39, 0.29) is 23.5 Å². The maximum atomic E-state index is 12.9. The summed E-state index contributed by atoms with van der Waals surface area (Å²) in [5, 5.41) is 2.94. The fourth-order valence-electron chi connectivity index (χ4n) is 3.94. The van der Waals surface area contributed by atoms with Crippen molar-refractivity contribution in [2.24, 2.45) is 5.92 Å². The number of carbonyl (C=O) groups is 2. The molecule has 5 heteroatoms. The van der Waals surface area contributed by atoms with E-state index >= 15 is 0 Å². The van der Waals surface area contributed by atoms with Crippen LogP contribution in [-0.2, 0) is 16.1 Å². The molecule has 4 nitrogen and oxygen atoms in total. The third-order valence-electron chi connectivity index (χ3n) is 5.46. The molecule has 1 aliphatic carbocycles. The van der Waals surface area contributed by atoms with Gasteiger partial charge >= 0.3 is 0 Å². The minimum Gasteiger partial charge on any atom is -0.352 e. The summed E-state index contributed by atoms with van der Waals surface area (Å²) in [7, 11) is 0. The maximum absolute atomic E-state index is 12.9. The largest absolute Gasteiger partial charge is 0.352 e. The van der Waals surface area contributed by atoms with Gasteiger partial charge in [0.1, 0.15) is 5.82 Å². The van der Waals surface area contributed by atoms with Gasteiger partial charge in [0.2, 0.25) is 11.8 Å². The summed E-state index contributed by atoms with van der Waals surface area (Å²) >= 11 is 0. The van der Waals surface area contributed by atoms with Crippen molar-refractivity contribution in [1.29, 1.82) is 0 Å². The Morgan fingerprint density at radius 3 is 2.44 bits per heavy atom. The third kappa shape index (κ3) is 4.80. The van der Waals surface area contributed by atoms with E-state index in [9.17, 15) is 14.0 Å². The Balaban J connectivity index is 1.55. The van der Waals surface area contributed by atoms with Crippen LogP contribution in [0, 0.1) is 11.7 Å². The average molecular weight is 346 g/mol. The fourth-order valence-corrected chi connectivity index (χ4v) is 3.94. The summed E-state index contributed by atoms with van der Waals surface area (Å²) in [6.45, 7) is 0.936. The first-order valence-electron chi connectivity index (χ1n) is 9.45. The molecule has 1 N–H and O–H groups in total. The average Bonchev–Trinajstić information content (AvgIpc) is 2.91. The molecule has 1 saturated carbocycles. The van der Waals surface area contributed by atoms with Gasteiger partial charge < -0.3 is 10.2 Å². The highest BCUT2D eigenvalue weighted by atomic mass is 19.1. The van der Waals surface area contributed by atoms with Crippen LogP contribution in [-0.4, -0.2) is 29.3 Å². The molecule has 2 amide bonds. The second-order valence-electron chi connectivity index (χ2n) is 7.27. The van der Waals surface area contributed by atoms with Gasteiger partial charge in [0, 0.05) is 25.6 Å². The number of nitrogens with zero attached hydrogens (tertiary/aromatic N) is 1. The molecule has 1 aromatic carbocycles. The lowest BCUT2D eigenvalue weighted by atomic mass is 9.93. The number of halogens is 1. The molecule has 0 radical (unpaired) electrons. The van der Waals surface area contributed by atoms with Gasteiger partial charge in [0.15, 0.2) is 0 Å². The minimum atomic E-state index is -0.278. The Morgan fingerprint density at radius 1 is 1.08 bits per heavy atom. The van der Waals surface area contributed by atoms with E-state index < -0.39 is 0 Å². The smallest absolute Gasteiger partial charge is 0.225 e. The van der Waals surface area contributed by atoms with Crippen LogP contribution < -0.4 is 5.32 Å². The molecule has 1 aromatic rings. The van der Waals surface area contributed by atoms with Crippen molar-refractivity contribution in [2.45, 2.75) is 64.0 Å². The van der Waals surface area contributed by atoms with Crippen LogP contribution in [0.4, 0.5) is 4.39 Å². The standard InChI is InChI=1S/C20H27FN2O2/c21-17-10-7-15(8-11-17)13-22-20(25)16-9-12-19(24)23(14-16)18-5-3-1-2-4-6-18/h7-8,10-11,16,18H,1-6,9,12-14H2,(H,22,25)/t16-/m1/s1. The van der Waals surface area contributed by atoms with Crippen molar-refractivity contribution in [3.05, 3.63) is 35.6 Å². The number of carbonyl (C=O) groups excluding carboxylic acids is 2. The van der Waals surface area contributed by atoms with E-state index in [2.05, 4.69) is 5.32 Å². The van der Waals surface area contributed by atoms with Gasteiger partial charge in [0.25, 0.3) is 0 Å². The maximum Gasteiger partial charge on any atom is 0.225 e. The number of hydrogen-bond donors (Lipinski definition) is 1. The summed E-state index contributed by atoms with van der Waals surface area (Å²) in [6.07, 6.45) is 8.07. The molecule has 1 aliphatic heterocycles. The van der Waals surface area contributed by atoms with E-state index in [4.69, 9.17) is 0 Å². The third-order valence-corrected chi connectivity index (χ3v) is 5.46. The lowest BCUT2D eigenvalue weighted by molar-refractivity contribution is -0.141.